The molecule has 1 fully saturated rings. The number of hydrogen-bond acceptors (Lipinski definition) is 3. The number of hydrogen-bond donors (Lipinski definition) is 2. The average molecular weight is 353 g/mol. The van der Waals surface area contributed by atoms with E-state index in [0.29, 0.717) is 16.1 Å². The van der Waals surface area contributed by atoms with Gasteiger partial charge in [-0.15, -0.1) is 0 Å². The topological polar surface area (TPSA) is 59.0 Å². The number of anilines is 2. The maximum Gasteiger partial charge on any atom is 0.244 e. The Morgan fingerprint density at radius 1 is 1.22 bits per heavy atom. The van der Waals surface area contributed by atoms with E-state index in [1.165, 1.54) is 12.8 Å². The summed E-state index contributed by atoms with van der Waals surface area (Å²) in [6.45, 7) is 0.147. The van der Waals surface area contributed by atoms with Gasteiger partial charge < -0.3 is 10.6 Å². The monoisotopic (exact) mass is 352 g/mol. The molecule has 2 aromatic rings. The molecule has 3 rings (SSSR count). The molecule has 0 spiro atoms. The van der Waals surface area contributed by atoms with Crippen LogP contribution in [0.5, 0.6) is 0 Å². The molecule has 0 aliphatic heterocycles. The van der Waals surface area contributed by atoms with E-state index in [9.17, 15) is 4.79 Å². The molecule has 1 aromatic heterocycles. The number of carbonyl (C=O) groups excluding carboxylic acids is 1. The normalized spacial score (nSPS) is 14.9. The van der Waals surface area contributed by atoms with Crippen LogP contribution in [0, 0.1) is 0 Å². The minimum absolute atomic E-state index is 0.129. The van der Waals surface area contributed by atoms with E-state index in [1.807, 2.05) is 10.7 Å². The Kier molecular flexibility index (Phi) is 5.08. The third kappa shape index (κ3) is 3.98. The Labute approximate surface area is 145 Å². The number of carbonyl (C=O) groups is 1. The lowest BCUT2D eigenvalue weighted by Gasteiger charge is -2.15. The fraction of sp³-hybridized carbons (Fsp3) is 0.375. The highest BCUT2D eigenvalue weighted by Crippen LogP contribution is 2.31. The molecule has 1 saturated carbocycles. The minimum atomic E-state index is -0.129. The van der Waals surface area contributed by atoms with E-state index in [2.05, 4.69) is 15.7 Å². The van der Waals surface area contributed by atoms with Crippen LogP contribution in [0.2, 0.25) is 10.0 Å². The van der Waals surface area contributed by atoms with Crippen molar-refractivity contribution in [3.63, 3.8) is 0 Å². The van der Waals surface area contributed by atoms with Crippen LogP contribution in [-0.2, 0) is 4.79 Å². The van der Waals surface area contributed by atoms with Crippen LogP contribution in [0.25, 0.3) is 0 Å². The van der Waals surface area contributed by atoms with Crippen molar-refractivity contribution in [2.24, 2.45) is 0 Å². The molecule has 0 atom stereocenters. The summed E-state index contributed by atoms with van der Waals surface area (Å²) in [5, 5.41) is 11.2. The molecule has 1 aliphatic carbocycles. The highest BCUT2D eigenvalue weighted by Gasteiger charge is 2.20. The molecule has 0 unspecified atom stereocenters. The summed E-state index contributed by atoms with van der Waals surface area (Å²) in [4.78, 5) is 12.1. The van der Waals surface area contributed by atoms with Gasteiger partial charge in [0.2, 0.25) is 5.91 Å². The summed E-state index contributed by atoms with van der Waals surface area (Å²) < 4.78 is 1.92. The molecule has 7 heteroatoms. The third-order valence-corrected chi connectivity index (χ3v) is 4.72. The SMILES string of the molecule is O=C(CNc1ccc(Cl)c(Cl)c1)Nc1ccnn1C1CCCC1. The van der Waals surface area contributed by atoms with Gasteiger partial charge in [-0.1, -0.05) is 36.0 Å². The van der Waals surface area contributed by atoms with Gasteiger partial charge in [-0.2, -0.15) is 5.10 Å². The number of rotatable bonds is 5. The number of benzene rings is 1. The van der Waals surface area contributed by atoms with Crippen molar-refractivity contribution in [3.8, 4) is 0 Å². The first-order valence-corrected chi connectivity index (χ1v) is 8.41. The first-order valence-electron chi connectivity index (χ1n) is 7.66. The molecule has 0 saturated heterocycles. The Bertz CT molecular complexity index is 695. The fourth-order valence-corrected chi connectivity index (χ4v) is 3.13. The Hall–Kier alpha value is -1.72. The second-order valence-corrected chi connectivity index (χ2v) is 6.44. The molecule has 0 radical (unpaired) electrons. The van der Waals surface area contributed by atoms with Crippen molar-refractivity contribution < 1.29 is 4.79 Å². The highest BCUT2D eigenvalue weighted by atomic mass is 35.5. The maximum atomic E-state index is 12.1. The lowest BCUT2D eigenvalue weighted by molar-refractivity contribution is -0.114. The van der Waals surface area contributed by atoms with Gasteiger partial charge in [-0.3, -0.25) is 4.79 Å². The fourth-order valence-electron chi connectivity index (χ4n) is 2.83. The van der Waals surface area contributed by atoms with Crippen LogP contribution in [0.1, 0.15) is 31.7 Å². The maximum absolute atomic E-state index is 12.1. The van der Waals surface area contributed by atoms with Crippen molar-refractivity contribution in [3.05, 3.63) is 40.5 Å². The van der Waals surface area contributed by atoms with Crippen LogP contribution in [0.4, 0.5) is 11.5 Å². The number of nitrogens with zero attached hydrogens (tertiary/aromatic N) is 2. The summed E-state index contributed by atoms with van der Waals surface area (Å²) >= 11 is 11.8. The molecule has 122 valence electrons. The van der Waals surface area contributed by atoms with Crippen LogP contribution in [0.3, 0.4) is 0 Å². The van der Waals surface area contributed by atoms with Gasteiger partial charge in [-0.05, 0) is 31.0 Å². The summed E-state index contributed by atoms with van der Waals surface area (Å²) in [7, 11) is 0. The van der Waals surface area contributed by atoms with E-state index in [-0.39, 0.29) is 12.5 Å². The number of halogens is 2. The molecular weight excluding hydrogens is 335 g/mol. The predicted molar refractivity (Wildman–Crippen MR) is 93.3 cm³/mol. The molecule has 0 bridgehead atoms. The number of amides is 1. The van der Waals surface area contributed by atoms with Crippen molar-refractivity contribution >= 4 is 40.6 Å². The predicted octanol–water partition coefficient (Wildman–Crippen LogP) is 4.36. The van der Waals surface area contributed by atoms with Crippen molar-refractivity contribution in [1.82, 2.24) is 9.78 Å². The van der Waals surface area contributed by atoms with Gasteiger partial charge in [0.15, 0.2) is 0 Å². The second kappa shape index (κ2) is 7.23. The first-order chi connectivity index (χ1) is 11.1. The number of nitrogens with one attached hydrogen (secondary N) is 2. The zero-order valence-electron chi connectivity index (χ0n) is 12.6. The molecule has 5 nitrogen and oxygen atoms in total. The van der Waals surface area contributed by atoms with Crippen molar-refractivity contribution in [1.29, 1.82) is 0 Å². The zero-order chi connectivity index (χ0) is 16.2. The standard InChI is InChI=1S/C16H18Cl2N4O/c17-13-6-5-11(9-14(13)18)19-10-16(23)21-15-7-8-20-22(15)12-3-1-2-4-12/h5-9,12,19H,1-4,10H2,(H,21,23). The Morgan fingerprint density at radius 2 is 2.00 bits per heavy atom. The molecule has 2 N–H and O–H groups in total. The molecule has 1 aromatic carbocycles. The van der Waals surface area contributed by atoms with Crippen LogP contribution < -0.4 is 10.6 Å². The van der Waals surface area contributed by atoms with E-state index in [0.717, 1.165) is 24.3 Å². The average Bonchev–Trinajstić information content (AvgIpc) is 3.19. The largest absolute Gasteiger partial charge is 0.376 e. The number of aromatic nitrogens is 2. The molecule has 1 amide bonds. The van der Waals surface area contributed by atoms with Gasteiger partial charge >= 0.3 is 0 Å². The summed E-state index contributed by atoms with van der Waals surface area (Å²) in [5.74, 6) is 0.619. The van der Waals surface area contributed by atoms with Crippen molar-refractivity contribution in [2.75, 3.05) is 17.2 Å². The Balaban J connectivity index is 1.57. The third-order valence-electron chi connectivity index (χ3n) is 3.98. The Morgan fingerprint density at radius 3 is 2.74 bits per heavy atom. The lowest BCUT2D eigenvalue weighted by atomic mass is 10.2. The van der Waals surface area contributed by atoms with Crippen molar-refractivity contribution in [2.45, 2.75) is 31.7 Å². The van der Waals surface area contributed by atoms with Gasteiger partial charge in [0.25, 0.3) is 0 Å². The lowest BCUT2D eigenvalue weighted by Crippen LogP contribution is -2.24. The summed E-state index contributed by atoms with van der Waals surface area (Å²) in [5.41, 5.74) is 0.749. The second-order valence-electron chi connectivity index (χ2n) is 5.63. The molecule has 1 heterocycles. The van der Waals surface area contributed by atoms with Crippen LogP contribution >= 0.6 is 23.2 Å². The van der Waals surface area contributed by atoms with E-state index < -0.39 is 0 Å². The van der Waals surface area contributed by atoms with Gasteiger partial charge in [-0.25, -0.2) is 4.68 Å². The van der Waals surface area contributed by atoms with Gasteiger partial charge in [0.05, 0.1) is 28.8 Å². The summed E-state index contributed by atoms with van der Waals surface area (Å²) in [6.07, 6.45) is 6.39. The van der Waals surface area contributed by atoms with E-state index in [1.54, 1.807) is 24.4 Å². The highest BCUT2D eigenvalue weighted by molar-refractivity contribution is 6.42. The van der Waals surface area contributed by atoms with E-state index >= 15 is 0 Å². The van der Waals surface area contributed by atoms with Crippen LogP contribution in [-0.4, -0.2) is 22.2 Å². The molecule has 23 heavy (non-hydrogen) atoms. The minimum Gasteiger partial charge on any atom is -0.376 e. The van der Waals surface area contributed by atoms with Crippen LogP contribution in [0.15, 0.2) is 30.5 Å². The molecule has 1 aliphatic rings. The molecular formula is C16H18Cl2N4O. The zero-order valence-corrected chi connectivity index (χ0v) is 14.1. The smallest absolute Gasteiger partial charge is 0.244 e. The van der Waals surface area contributed by atoms with Gasteiger partial charge in [0.1, 0.15) is 5.82 Å². The summed E-state index contributed by atoms with van der Waals surface area (Å²) in [6, 6.07) is 7.39. The first kappa shape index (κ1) is 16.1. The van der Waals surface area contributed by atoms with Gasteiger partial charge in [0, 0.05) is 11.8 Å². The quantitative estimate of drug-likeness (QED) is 0.840. The van der Waals surface area contributed by atoms with E-state index in [4.69, 9.17) is 23.2 Å².